The molecule has 0 amide bonds. The van der Waals surface area contributed by atoms with Gasteiger partial charge in [-0.3, -0.25) is 0 Å². The Labute approximate surface area is 38.0 Å². The molecule has 0 saturated carbocycles. The third-order valence-corrected chi connectivity index (χ3v) is 0.920. The van der Waals surface area contributed by atoms with Gasteiger partial charge in [0.25, 0.3) is 0 Å². The molecule has 2 nitrogen and oxygen atoms in total. The molecule has 0 aliphatic rings. The Hall–Kier alpha value is -0.570. The largest absolute Gasteiger partial charge is 0.423 e. The zero-order chi connectivity index (χ0) is 4.41. The van der Waals surface area contributed by atoms with Crippen molar-refractivity contribution in [1.29, 1.82) is 0 Å². The molecule has 0 aromatic carbocycles. The maximum absolute atomic E-state index is 9.92. The van der Waals surface area contributed by atoms with Crippen LogP contribution in [-0.4, -0.2) is 0 Å². The first-order chi connectivity index (χ1) is 2.89. The molecule has 32 valence electrons. The van der Waals surface area contributed by atoms with Crippen molar-refractivity contribution in [3.63, 3.8) is 0 Å². The number of rotatable bonds is 0. The van der Waals surface area contributed by atoms with E-state index in [9.17, 15) is 4.79 Å². The molecule has 0 bridgehead atoms. The maximum atomic E-state index is 9.92. The van der Waals surface area contributed by atoms with Crippen LogP contribution in [0.25, 0.3) is 0 Å². The Morgan fingerprint density at radius 3 is 2.83 bits per heavy atom. The van der Waals surface area contributed by atoms with Gasteiger partial charge in [0, 0.05) is 5.38 Å². The lowest BCUT2D eigenvalue weighted by atomic mass is 11.1. The van der Waals surface area contributed by atoms with Gasteiger partial charge in [-0.1, -0.05) is 11.3 Å². The minimum Gasteiger partial charge on any atom is -0.423 e. The van der Waals surface area contributed by atoms with Crippen LogP contribution in [0.15, 0.2) is 20.9 Å². The van der Waals surface area contributed by atoms with Gasteiger partial charge in [-0.05, 0) is 0 Å². The first-order valence-corrected chi connectivity index (χ1v) is 2.30. The van der Waals surface area contributed by atoms with Gasteiger partial charge in [-0.25, -0.2) is 4.79 Å². The van der Waals surface area contributed by atoms with E-state index < -0.39 is 0 Å². The Balaban J connectivity index is 3.41. The molecule has 0 atom stereocenters. The topological polar surface area (TPSA) is 30.2 Å². The van der Waals surface area contributed by atoms with Crippen LogP contribution in [0.5, 0.6) is 0 Å². The zero-order valence-electron chi connectivity index (χ0n) is 2.88. The molecule has 0 aliphatic heterocycles. The van der Waals surface area contributed by atoms with Crippen LogP contribution in [0.3, 0.4) is 0 Å². The Bertz CT molecular complexity index is 147. The molecule has 0 radical (unpaired) electrons. The van der Waals surface area contributed by atoms with Crippen LogP contribution in [0.1, 0.15) is 0 Å². The fraction of sp³-hybridized carbons (Fsp3) is 0. The highest BCUT2D eigenvalue weighted by atomic mass is 32.1. The normalized spacial score (nSPS) is 8.67. The van der Waals surface area contributed by atoms with E-state index in [1.54, 1.807) is 5.38 Å². The first kappa shape index (κ1) is 3.61. The summed E-state index contributed by atoms with van der Waals surface area (Å²) < 4.78 is 4.30. The Kier molecular flexibility index (Phi) is 0.759. The standard InChI is InChI=1S/C3H2O2S/c4-3-5-1-2-6-3/h1-2H. The van der Waals surface area contributed by atoms with Crippen LogP contribution in [0, 0.1) is 0 Å². The molecule has 0 saturated heterocycles. The van der Waals surface area contributed by atoms with E-state index in [0.717, 1.165) is 11.3 Å². The molecule has 0 aliphatic carbocycles. The molecule has 1 rings (SSSR count). The highest BCUT2D eigenvalue weighted by Crippen LogP contribution is 1.81. The minimum atomic E-state index is -0.241. The summed E-state index contributed by atoms with van der Waals surface area (Å²) in [6.45, 7) is 0. The molecule has 0 N–H and O–H groups in total. The second-order valence-electron chi connectivity index (χ2n) is 0.758. The SMILES string of the molecule is O=c1occs1. The average Bonchev–Trinajstić information content (AvgIpc) is 1.86. The summed E-state index contributed by atoms with van der Waals surface area (Å²) in [7, 11) is 0. The monoisotopic (exact) mass is 102 g/mol. The van der Waals surface area contributed by atoms with Crippen LogP contribution >= 0.6 is 11.3 Å². The molecule has 1 aromatic rings. The minimum absolute atomic E-state index is 0.241. The predicted molar refractivity (Wildman–Crippen MR) is 22.9 cm³/mol. The van der Waals surface area contributed by atoms with Gasteiger partial charge in [-0.15, -0.1) is 0 Å². The van der Waals surface area contributed by atoms with Crippen molar-refractivity contribution in [3.8, 4) is 0 Å². The predicted octanol–water partition coefficient (Wildman–Crippen LogP) is 0.701. The summed E-state index contributed by atoms with van der Waals surface area (Å²) in [6.07, 6.45) is 1.37. The summed E-state index contributed by atoms with van der Waals surface area (Å²) in [5.74, 6) is 0. The van der Waals surface area contributed by atoms with Crippen molar-refractivity contribution in [3.05, 3.63) is 21.4 Å². The zero-order valence-corrected chi connectivity index (χ0v) is 3.70. The van der Waals surface area contributed by atoms with Crippen molar-refractivity contribution in [1.82, 2.24) is 0 Å². The molecule has 6 heavy (non-hydrogen) atoms. The summed E-state index contributed by atoms with van der Waals surface area (Å²) in [6, 6.07) is 0. The van der Waals surface area contributed by atoms with Crippen LogP contribution in [-0.2, 0) is 0 Å². The lowest BCUT2D eigenvalue weighted by Gasteiger charge is -1.49. The van der Waals surface area contributed by atoms with E-state index in [1.807, 2.05) is 0 Å². The van der Waals surface area contributed by atoms with Gasteiger partial charge in [0.1, 0.15) is 6.26 Å². The van der Waals surface area contributed by atoms with Gasteiger partial charge >= 0.3 is 4.94 Å². The summed E-state index contributed by atoms with van der Waals surface area (Å²) >= 11 is 1.06. The van der Waals surface area contributed by atoms with Crippen LogP contribution in [0.2, 0.25) is 0 Å². The van der Waals surface area contributed by atoms with Crippen molar-refractivity contribution < 1.29 is 4.42 Å². The molecule has 1 aromatic heterocycles. The highest BCUT2D eigenvalue weighted by molar-refractivity contribution is 7.06. The quantitative estimate of drug-likeness (QED) is 0.482. The molecule has 1 heterocycles. The molecule has 3 heteroatoms. The highest BCUT2D eigenvalue weighted by Gasteiger charge is 1.75. The summed E-state index contributed by atoms with van der Waals surface area (Å²) in [5, 5.41) is 1.60. The maximum Gasteiger partial charge on any atom is 0.394 e. The fourth-order valence-corrected chi connectivity index (χ4v) is 0.528. The van der Waals surface area contributed by atoms with Crippen molar-refractivity contribution in [2.24, 2.45) is 0 Å². The fourth-order valence-electron chi connectivity index (χ4n) is 0.194. The smallest absolute Gasteiger partial charge is 0.394 e. The van der Waals surface area contributed by atoms with Crippen LogP contribution < -0.4 is 4.94 Å². The van der Waals surface area contributed by atoms with Gasteiger partial charge in [-0.2, -0.15) is 0 Å². The molecule has 0 fully saturated rings. The molecular weight excluding hydrogens is 100 g/mol. The third kappa shape index (κ3) is 0.490. The van der Waals surface area contributed by atoms with E-state index >= 15 is 0 Å². The summed E-state index contributed by atoms with van der Waals surface area (Å²) in [5.41, 5.74) is 0. The second-order valence-corrected chi connectivity index (χ2v) is 1.60. The molecular formula is C3H2O2S. The Morgan fingerprint density at radius 2 is 2.67 bits per heavy atom. The third-order valence-electron chi connectivity index (χ3n) is 0.384. The van der Waals surface area contributed by atoms with Gasteiger partial charge < -0.3 is 4.42 Å². The Morgan fingerprint density at radius 1 is 1.83 bits per heavy atom. The lowest BCUT2D eigenvalue weighted by Crippen LogP contribution is -1.78. The van der Waals surface area contributed by atoms with Crippen LogP contribution in [0.4, 0.5) is 0 Å². The second kappa shape index (κ2) is 1.26. The van der Waals surface area contributed by atoms with E-state index in [0.29, 0.717) is 0 Å². The number of hydrogen-bond donors (Lipinski definition) is 0. The van der Waals surface area contributed by atoms with Gasteiger partial charge in [0.2, 0.25) is 0 Å². The van der Waals surface area contributed by atoms with E-state index in [-0.39, 0.29) is 4.94 Å². The van der Waals surface area contributed by atoms with Gasteiger partial charge in [0.15, 0.2) is 0 Å². The van der Waals surface area contributed by atoms with Crippen molar-refractivity contribution >= 4 is 11.3 Å². The van der Waals surface area contributed by atoms with Crippen molar-refractivity contribution in [2.75, 3.05) is 0 Å². The van der Waals surface area contributed by atoms with E-state index in [1.165, 1.54) is 6.26 Å². The van der Waals surface area contributed by atoms with Gasteiger partial charge in [0.05, 0.1) is 0 Å². The summed E-state index contributed by atoms with van der Waals surface area (Å²) in [4.78, 5) is 9.68. The molecule has 0 unspecified atom stereocenters. The van der Waals surface area contributed by atoms with E-state index in [4.69, 9.17) is 0 Å². The first-order valence-electron chi connectivity index (χ1n) is 1.42. The number of hydrogen-bond acceptors (Lipinski definition) is 3. The van der Waals surface area contributed by atoms with E-state index in [2.05, 4.69) is 4.42 Å². The molecule has 0 spiro atoms. The lowest BCUT2D eigenvalue weighted by molar-refractivity contribution is 0.537. The average molecular weight is 102 g/mol. The van der Waals surface area contributed by atoms with Crippen molar-refractivity contribution in [2.45, 2.75) is 0 Å².